The van der Waals surface area contributed by atoms with Crippen molar-refractivity contribution in [1.29, 1.82) is 0 Å². The number of nitrogens with zero attached hydrogens (tertiary/aromatic N) is 3. The quantitative estimate of drug-likeness (QED) is 0.940. The molecule has 0 aliphatic carbocycles. The summed E-state index contributed by atoms with van der Waals surface area (Å²) in [5, 5.41) is 2.06. The Labute approximate surface area is 124 Å². The molecule has 0 amide bonds. The van der Waals surface area contributed by atoms with Crippen LogP contribution in [0.5, 0.6) is 0 Å². The fourth-order valence-corrected chi connectivity index (χ4v) is 2.46. The van der Waals surface area contributed by atoms with Gasteiger partial charge in [-0.3, -0.25) is 0 Å². The molecule has 2 heterocycles. The zero-order valence-corrected chi connectivity index (χ0v) is 13.4. The molecule has 20 heavy (non-hydrogen) atoms. The number of hydrogen-bond acceptors (Lipinski definition) is 5. The van der Waals surface area contributed by atoms with Gasteiger partial charge in [0.05, 0.1) is 17.7 Å². The molecule has 0 aromatic carbocycles. The molecule has 0 radical (unpaired) electrons. The van der Waals surface area contributed by atoms with Crippen LogP contribution in [-0.4, -0.2) is 17.0 Å². The van der Waals surface area contributed by atoms with Crippen LogP contribution >= 0.6 is 11.3 Å². The minimum Gasteiger partial charge on any atom is -0.354 e. The van der Waals surface area contributed by atoms with Crippen molar-refractivity contribution in [2.75, 3.05) is 11.9 Å². The van der Waals surface area contributed by atoms with Gasteiger partial charge in [0, 0.05) is 30.1 Å². The molecule has 0 fully saturated rings. The first-order valence-electron chi connectivity index (χ1n) is 6.70. The summed E-state index contributed by atoms with van der Waals surface area (Å²) in [6, 6.07) is 4.15. The first kappa shape index (κ1) is 14.9. The van der Waals surface area contributed by atoms with E-state index in [1.54, 1.807) is 11.3 Å². The van der Waals surface area contributed by atoms with Crippen LogP contribution in [0, 0.1) is 0 Å². The number of rotatable bonds is 4. The van der Waals surface area contributed by atoms with Gasteiger partial charge in [-0.25, -0.2) is 9.97 Å². The van der Waals surface area contributed by atoms with E-state index < -0.39 is 0 Å². The molecule has 4 nitrogen and oxygen atoms in total. The van der Waals surface area contributed by atoms with E-state index in [0.717, 1.165) is 29.3 Å². The molecule has 2 rings (SSSR count). The molecular formula is C15H22N4S. The molecular weight excluding hydrogens is 268 g/mol. The van der Waals surface area contributed by atoms with Gasteiger partial charge in [0.2, 0.25) is 0 Å². The van der Waals surface area contributed by atoms with Crippen molar-refractivity contribution < 1.29 is 0 Å². The predicted molar refractivity (Wildman–Crippen MR) is 85.0 cm³/mol. The van der Waals surface area contributed by atoms with Crippen LogP contribution in [0.1, 0.15) is 37.7 Å². The monoisotopic (exact) mass is 290 g/mol. The standard InChI is InChI=1S/C15H22N4S/c1-15(2,3)13-5-11(7-16)6-14(18-13)19(4)8-12-9-20-10-17-12/h5-6,9-10H,7-8,16H2,1-4H3. The highest BCUT2D eigenvalue weighted by Crippen LogP contribution is 2.25. The molecule has 0 unspecified atom stereocenters. The highest BCUT2D eigenvalue weighted by molar-refractivity contribution is 7.07. The molecule has 5 heteroatoms. The third-order valence-corrected chi connectivity index (χ3v) is 3.78. The molecule has 0 aliphatic heterocycles. The molecule has 2 N–H and O–H groups in total. The number of hydrogen-bond donors (Lipinski definition) is 1. The van der Waals surface area contributed by atoms with Crippen LogP contribution in [0.4, 0.5) is 5.82 Å². The number of nitrogens with two attached hydrogens (primary N) is 1. The molecule has 0 saturated carbocycles. The third-order valence-electron chi connectivity index (χ3n) is 3.15. The van der Waals surface area contributed by atoms with Gasteiger partial charge in [-0.15, -0.1) is 11.3 Å². The second-order valence-electron chi connectivity index (χ2n) is 6.01. The average molecular weight is 290 g/mol. The van der Waals surface area contributed by atoms with Crippen molar-refractivity contribution in [3.05, 3.63) is 40.0 Å². The maximum Gasteiger partial charge on any atom is 0.129 e. The summed E-state index contributed by atoms with van der Waals surface area (Å²) < 4.78 is 0. The summed E-state index contributed by atoms with van der Waals surface area (Å²) in [6.45, 7) is 7.79. The minimum absolute atomic E-state index is 0.0153. The molecule has 0 atom stereocenters. The normalized spacial score (nSPS) is 11.7. The predicted octanol–water partition coefficient (Wildman–Crippen LogP) is 2.93. The molecule has 0 saturated heterocycles. The number of anilines is 1. The topological polar surface area (TPSA) is 55.0 Å². The van der Waals surface area contributed by atoms with E-state index >= 15 is 0 Å². The first-order chi connectivity index (χ1) is 9.40. The number of pyridine rings is 1. The minimum atomic E-state index is 0.0153. The van der Waals surface area contributed by atoms with Crippen LogP contribution in [0.2, 0.25) is 0 Å². The lowest BCUT2D eigenvalue weighted by Crippen LogP contribution is -2.22. The summed E-state index contributed by atoms with van der Waals surface area (Å²) in [6.07, 6.45) is 0. The lowest BCUT2D eigenvalue weighted by atomic mass is 9.90. The lowest BCUT2D eigenvalue weighted by Gasteiger charge is -2.23. The van der Waals surface area contributed by atoms with E-state index in [9.17, 15) is 0 Å². The Balaban J connectivity index is 2.30. The summed E-state index contributed by atoms with van der Waals surface area (Å²) >= 11 is 1.61. The smallest absolute Gasteiger partial charge is 0.129 e. The third kappa shape index (κ3) is 3.55. The van der Waals surface area contributed by atoms with Crippen LogP contribution in [-0.2, 0) is 18.5 Å². The molecule has 2 aromatic heterocycles. The Kier molecular flexibility index (Phi) is 4.40. The molecule has 108 valence electrons. The van der Waals surface area contributed by atoms with Gasteiger partial charge < -0.3 is 10.6 Å². The lowest BCUT2D eigenvalue weighted by molar-refractivity contribution is 0.567. The molecule has 0 bridgehead atoms. The Bertz CT molecular complexity index is 558. The highest BCUT2D eigenvalue weighted by atomic mass is 32.1. The fourth-order valence-electron chi connectivity index (χ4n) is 1.91. The average Bonchev–Trinajstić information content (AvgIpc) is 2.90. The van der Waals surface area contributed by atoms with Gasteiger partial charge in [-0.2, -0.15) is 0 Å². The Morgan fingerprint density at radius 2 is 2.05 bits per heavy atom. The molecule has 0 aliphatic rings. The van der Waals surface area contributed by atoms with Crippen LogP contribution in [0.25, 0.3) is 0 Å². The van der Waals surface area contributed by atoms with Crippen molar-refractivity contribution in [1.82, 2.24) is 9.97 Å². The van der Waals surface area contributed by atoms with Crippen molar-refractivity contribution in [2.45, 2.75) is 39.3 Å². The van der Waals surface area contributed by atoms with Gasteiger partial charge in [0.15, 0.2) is 0 Å². The first-order valence-corrected chi connectivity index (χ1v) is 7.64. The Morgan fingerprint density at radius 1 is 1.30 bits per heavy atom. The summed E-state index contributed by atoms with van der Waals surface area (Å²) in [5.74, 6) is 0.950. The van der Waals surface area contributed by atoms with Crippen LogP contribution in [0.3, 0.4) is 0 Å². The molecule has 0 spiro atoms. The van der Waals surface area contributed by atoms with E-state index in [0.29, 0.717) is 6.54 Å². The van der Waals surface area contributed by atoms with Gasteiger partial charge in [-0.05, 0) is 17.7 Å². The van der Waals surface area contributed by atoms with E-state index in [1.807, 2.05) is 12.6 Å². The fraction of sp³-hybridized carbons (Fsp3) is 0.467. The largest absolute Gasteiger partial charge is 0.354 e. The zero-order valence-electron chi connectivity index (χ0n) is 12.6. The maximum atomic E-state index is 5.81. The van der Waals surface area contributed by atoms with Crippen molar-refractivity contribution >= 4 is 17.2 Å². The Morgan fingerprint density at radius 3 is 2.60 bits per heavy atom. The van der Waals surface area contributed by atoms with E-state index in [4.69, 9.17) is 10.7 Å². The summed E-state index contributed by atoms with van der Waals surface area (Å²) in [7, 11) is 2.04. The van der Waals surface area contributed by atoms with E-state index in [-0.39, 0.29) is 5.41 Å². The summed E-state index contributed by atoms with van der Waals surface area (Å²) in [5.41, 5.74) is 10.9. The van der Waals surface area contributed by atoms with Crippen molar-refractivity contribution in [3.8, 4) is 0 Å². The van der Waals surface area contributed by atoms with Gasteiger partial charge in [-0.1, -0.05) is 20.8 Å². The number of aromatic nitrogens is 2. The van der Waals surface area contributed by atoms with Gasteiger partial charge in [0.25, 0.3) is 0 Å². The SMILES string of the molecule is CN(Cc1cscn1)c1cc(CN)cc(C(C)(C)C)n1. The highest BCUT2D eigenvalue weighted by Gasteiger charge is 2.18. The maximum absolute atomic E-state index is 5.81. The van der Waals surface area contributed by atoms with E-state index in [1.165, 1.54) is 0 Å². The Hall–Kier alpha value is -1.46. The van der Waals surface area contributed by atoms with Crippen molar-refractivity contribution in [3.63, 3.8) is 0 Å². The van der Waals surface area contributed by atoms with Gasteiger partial charge in [0.1, 0.15) is 5.82 Å². The van der Waals surface area contributed by atoms with Crippen LogP contribution in [0.15, 0.2) is 23.0 Å². The molecule has 2 aromatic rings. The zero-order chi connectivity index (χ0) is 14.8. The second kappa shape index (κ2) is 5.89. The second-order valence-corrected chi connectivity index (χ2v) is 6.73. The van der Waals surface area contributed by atoms with E-state index in [2.05, 4.69) is 48.2 Å². The van der Waals surface area contributed by atoms with Crippen LogP contribution < -0.4 is 10.6 Å². The number of thiazole rings is 1. The summed E-state index contributed by atoms with van der Waals surface area (Å²) in [4.78, 5) is 11.2. The van der Waals surface area contributed by atoms with Gasteiger partial charge >= 0.3 is 0 Å². The van der Waals surface area contributed by atoms with Crippen molar-refractivity contribution in [2.24, 2.45) is 5.73 Å².